The van der Waals surface area contributed by atoms with Crippen molar-refractivity contribution in [2.75, 3.05) is 31.6 Å². The number of nitro benzene ring substituents is 1. The third-order valence-corrected chi connectivity index (χ3v) is 3.88. The molecule has 0 aliphatic carbocycles. The van der Waals surface area contributed by atoms with Crippen LogP contribution in [0.2, 0.25) is 0 Å². The van der Waals surface area contributed by atoms with Crippen LogP contribution in [0.4, 0.5) is 11.4 Å². The van der Waals surface area contributed by atoms with Crippen molar-refractivity contribution < 1.29 is 4.92 Å². The van der Waals surface area contributed by atoms with Gasteiger partial charge in [0.15, 0.2) is 0 Å². The minimum atomic E-state index is -0.308. The van der Waals surface area contributed by atoms with Gasteiger partial charge in [0.1, 0.15) is 0 Å². The summed E-state index contributed by atoms with van der Waals surface area (Å²) in [5, 5.41) is 14.3. The average molecular weight is 263 g/mol. The van der Waals surface area contributed by atoms with Crippen molar-refractivity contribution >= 4 is 11.4 Å². The van der Waals surface area contributed by atoms with E-state index in [4.69, 9.17) is 0 Å². The maximum Gasteiger partial charge on any atom is 0.274 e. The molecule has 5 heteroatoms. The van der Waals surface area contributed by atoms with Crippen LogP contribution >= 0.6 is 0 Å². The van der Waals surface area contributed by atoms with E-state index in [1.165, 1.54) is 12.8 Å². The molecule has 1 N–H and O–H groups in total. The van der Waals surface area contributed by atoms with E-state index in [1.54, 1.807) is 12.1 Å². The summed E-state index contributed by atoms with van der Waals surface area (Å²) in [4.78, 5) is 12.8. The Labute approximate surface area is 113 Å². The number of nitrogens with zero attached hydrogens (tertiary/aromatic N) is 2. The maximum atomic E-state index is 11.0. The molecule has 1 aromatic rings. The van der Waals surface area contributed by atoms with Crippen molar-refractivity contribution in [3.63, 3.8) is 0 Å². The van der Waals surface area contributed by atoms with Crippen LogP contribution in [0.5, 0.6) is 0 Å². The SMILES string of the molecule is Cc1c(N(C)CC2CCNCC2)cccc1[N+](=O)[O-]. The van der Waals surface area contributed by atoms with E-state index >= 15 is 0 Å². The molecule has 104 valence electrons. The van der Waals surface area contributed by atoms with Crippen molar-refractivity contribution in [1.82, 2.24) is 5.32 Å². The first-order valence-corrected chi connectivity index (χ1v) is 6.75. The molecule has 19 heavy (non-hydrogen) atoms. The molecule has 1 aliphatic rings. The minimum Gasteiger partial charge on any atom is -0.374 e. The molecular weight excluding hydrogens is 242 g/mol. The Morgan fingerprint density at radius 2 is 2.11 bits per heavy atom. The van der Waals surface area contributed by atoms with Crippen LogP contribution in [-0.4, -0.2) is 31.6 Å². The van der Waals surface area contributed by atoms with Gasteiger partial charge in [-0.15, -0.1) is 0 Å². The zero-order chi connectivity index (χ0) is 13.8. The van der Waals surface area contributed by atoms with Crippen molar-refractivity contribution in [3.05, 3.63) is 33.9 Å². The van der Waals surface area contributed by atoms with Crippen LogP contribution in [0.1, 0.15) is 18.4 Å². The molecule has 1 aliphatic heterocycles. The van der Waals surface area contributed by atoms with Crippen molar-refractivity contribution in [2.45, 2.75) is 19.8 Å². The first-order chi connectivity index (χ1) is 9.09. The second kappa shape index (κ2) is 6.02. The van der Waals surface area contributed by atoms with E-state index in [0.717, 1.165) is 30.9 Å². The highest BCUT2D eigenvalue weighted by Gasteiger charge is 2.19. The highest BCUT2D eigenvalue weighted by Crippen LogP contribution is 2.28. The number of nitrogens with one attached hydrogen (secondary N) is 1. The zero-order valence-corrected chi connectivity index (χ0v) is 11.6. The summed E-state index contributed by atoms with van der Waals surface area (Å²) in [6.07, 6.45) is 2.36. The summed E-state index contributed by atoms with van der Waals surface area (Å²) in [6, 6.07) is 5.29. The normalized spacial score (nSPS) is 16.3. The highest BCUT2D eigenvalue weighted by molar-refractivity contribution is 5.61. The van der Waals surface area contributed by atoms with Crippen molar-refractivity contribution in [3.8, 4) is 0 Å². The van der Waals surface area contributed by atoms with Crippen LogP contribution in [0.15, 0.2) is 18.2 Å². The largest absolute Gasteiger partial charge is 0.374 e. The predicted molar refractivity (Wildman–Crippen MR) is 76.7 cm³/mol. The van der Waals surface area contributed by atoms with Crippen LogP contribution in [0.25, 0.3) is 0 Å². The molecule has 2 rings (SSSR count). The minimum absolute atomic E-state index is 0.203. The lowest BCUT2D eigenvalue weighted by Crippen LogP contribution is -2.34. The van der Waals surface area contributed by atoms with E-state index < -0.39 is 0 Å². The highest BCUT2D eigenvalue weighted by atomic mass is 16.6. The average Bonchev–Trinajstić information content (AvgIpc) is 2.39. The summed E-state index contributed by atoms with van der Waals surface area (Å²) in [6.45, 7) is 4.94. The van der Waals surface area contributed by atoms with E-state index in [9.17, 15) is 10.1 Å². The lowest BCUT2D eigenvalue weighted by molar-refractivity contribution is -0.385. The quantitative estimate of drug-likeness (QED) is 0.669. The lowest BCUT2D eigenvalue weighted by Gasteiger charge is -2.29. The third-order valence-electron chi connectivity index (χ3n) is 3.88. The lowest BCUT2D eigenvalue weighted by atomic mass is 9.97. The van der Waals surface area contributed by atoms with Gasteiger partial charge in [-0.05, 0) is 44.8 Å². The summed E-state index contributed by atoms with van der Waals surface area (Å²) >= 11 is 0. The van der Waals surface area contributed by atoms with Crippen molar-refractivity contribution in [2.24, 2.45) is 5.92 Å². The molecule has 0 radical (unpaired) electrons. The molecule has 0 unspecified atom stereocenters. The number of hydrogen-bond donors (Lipinski definition) is 1. The van der Waals surface area contributed by atoms with E-state index in [1.807, 2.05) is 20.0 Å². The number of nitro groups is 1. The van der Waals surface area contributed by atoms with E-state index in [0.29, 0.717) is 5.92 Å². The van der Waals surface area contributed by atoms with Crippen LogP contribution in [0, 0.1) is 23.0 Å². The Bertz CT molecular complexity index is 456. The number of benzene rings is 1. The van der Waals surface area contributed by atoms with Gasteiger partial charge in [0.25, 0.3) is 5.69 Å². The van der Waals surface area contributed by atoms with E-state index in [2.05, 4.69) is 10.2 Å². The fourth-order valence-corrected chi connectivity index (χ4v) is 2.77. The van der Waals surface area contributed by atoms with Gasteiger partial charge >= 0.3 is 0 Å². The van der Waals surface area contributed by atoms with Gasteiger partial charge in [0, 0.05) is 30.9 Å². The van der Waals surface area contributed by atoms with Crippen LogP contribution in [-0.2, 0) is 0 Å². The number of piperidine rings is 1. The number of hydrogen-bond acceptors (Lipinski definition) is 4. The van der Waals surface area contributed by atoms with Crippen LogP contribution in [0.3, 0.4) is 0 Å². The monoisotopic (exact) mass is 263 g/mol. The zero-order valence-electron chi connectivity index (χ0n) is 11.6. The molecule has 0 amide bonds. The molecule has 1 aromatic carbocycles. The van der Waals surface area contributed by atoms with Gasteiger partial charge in [-0.25, -0.2) is 0 Å². The molecule has 1 heterocycles. The van der Waals surface area contributed by atoms with Gasteiger partial charge < -0.3 is 10.2 Å². The third kappa shape index (κ3) is 3.23. The summed E-state index contributed by atoms with van der Waals surface area (Å²) < 4.78 is 0. The predicted octanol–water partition coefficient (Wildman–Crippen LogP) is 2.34. The van der Waals surface area contributed by atoms with Crippen LogP contribution < -0.4 is 10.2 Å². The Morgan fingerprint density at radius 3 is 2.74 bits per heavy atom. The molecule has 1 fully saturated rings. The van der Waals surface area contributed by atoms with E-state index in [-0.39, 0.29) is 10.6 Å². The molecule has 0 saturated carbocycles. The Hall–Kier alpha value is -1.62. The molecule has 0 atom stereocenters. The Balaban J connectivity index is 2.12. The number of rotatable bonds is 4. The summed E-state index contributed by atoms with van der Waals surface area (Å²) in [5.41, 5.74) is 1.92. The fourth-order valence-electron chi connectivity index (χ4n) is 2.77. The molecular formula is C14H21N3O2. The van der Waals surface area contributed by atoms with Gasteiger partial charge in [0.05, 0.1) is 4.92 Å². The standard InChI is InChI=1S/C14H21N3O2/c1-11-13(4-3-5-14(11)17(18)19)16(2)10-12-6-8-15-9-7-12/h3-5,12,15H,6-10H2,1-2H3. The fraction of sp³-hybridized carbons (Fsp3) is 0.571. The number of anilines is 1. The maximum absolute atomic E-state index is 11.0. The Kier molecular flexibility index (Phi) is 4.37. The first-order valence-electron chi connectivity index (χ1n) is 6.75. The van der Waals surface area contributed by atoms with Gasteiger partial charge in [-0.2, -0.15) is 0 Å². The summed E-state index contributed by atoms with van der Waals surface area (Å²) in [7, 11) is 2.02. The topological polar surface area (TPSA) is 58.4 Å². The summed E-state index contributed by atoms with van der Waals surface area (Å²) in [5.74, 6) is 0.671. The molecule has 0 spiro atoms. The van der Waals surface area contributed by atoms with Gasteiger partial charge in [0.2, 0.25) is 0 Å². The molecule has 0 bridgehead atoms. The first kappa shape index (κ1) is 13.8. The molecule has 5 nitrogen and oxygen atoms in total. The van der Waals surface area contributed by atoms with Gasteiger partial charge in [-0.1, -0.05) is 6.07 Å². The second-order valence-electron chi connectivity index (χ2n) is 5.25. The Morgan fingerprint density at radius 1 is 1.42 bits per heavy atom. The van der Waals surface area contributed by atoms with Crippen molar-refractivity contribution in [1.29, 1.82) is 0 Å². The smallest absolute Gasteiger partial charge is 0.274 e. The molecule has 1 saturated heterocycles. The van der Waals surface area contributed by atoms with Gasteiger partial charge in [-0.3, -0.25) is 10.1 Å². The molecule has 0 aromatic heterocycles. The second-order valence-corrected chi connectivity index (χ2v) is 5.25.